The summed E-state index contributed by atoms with van der Waals surface area (Å²) in [5.74, 6) is 0.0510. The highest BCUT2D eigenvalue weighted by atomic mass is 16.5. The van der Waals surface area contributed by atoms with E-state index in [0.29, 0.717) is 18.7 Å². The van der Waals surface area contributed by atoms with Crippen LogP contribution in [0.5, 0.6) is 0 Å². The van der Waals surface area contributed by atoms with Crippen molar-refractivity contribution in [2.45, 2.75) is 32.5 Å². The fourth-order valence-electron chi connectivity index (χ4n) is 2.28. The van der Waals surface area contributed by atoms with Crippen molar-refractivity contribution >= 4 is 11.5 Å². The first-order valence-corrected chi connectivity index (χ1v) is 6.64. The van der Waals surface area contributed by atoms with E-state index in [4.69, 9.17) is 4.74 Å². The molecule has 0 radical (unpaired) electrons. The summed E-state index contributed by atoms with van der Waals surface area (Å²) in [6, 6.07) is 3.66. The molecule has 0 bridgehead atoms. The first-order valence-electron chi connectivity index (χ1n) is 6.64. The predicted molar refractivity (Wildman–Crippen MR) is 72.5 cm³/mol. The minimum atomic E-state index is -0.166. The van der Waals surface area contributed by atoms with Gasteiger partial charge in [0.05, 0.1) is 30.7 Å². The molecule has 5 nitrogen and oxygen atoms in total. The number of aromatic nitrogens is 1. The minimum absolute atomic E-state index is 0.0146. The van der Waals surface area contributed by atoms with E-state index in [1.54, 1.807) is 12.3 Å². The summed E-state index contributed by atoms with van der Waals surface area (Å²) < 4.78 is 5.60. The maximum Gasteiger partial charge on any atom is 0.180 e. The molecule has 1 saturated heterocycles. The molecular formula is C14H20N2O3. The van der Waals surface area contributed by atoms with E-state index >= 15 is 0 Å². The zero-order valence-corrected chi connectivity index (χ0v) is 11.4. The quantitative estimate of drug-likeness (QED) is 0.830. The number of aliphatic hydroxyl groups is 1. The Labute approximate surface area is 113 Å². The summed E-state index contributed by atoms with van der Waals surface area (Å²) in [5, 5.41) is 9.21. The van der Waals surface area contributed by atoms with Gasteiger partial charge >= 0.3 is 0 Å². The normalized spacial score (nSPS) is 23.4. The van der Waals surface area contributed by atoms with Crippen LogP contribution in [0.15, 0.2) is 18.3 Å². The average molecular weight is 264 g/mol. The number of morpholine rings is 1. The standard InChI is InChI=1S/C14H20N2O3/c1-3-14(18)13-5-4-11(6-15-13)16-7-10(2)19-12(8-16)9-17/h4-6,10,12,17H,3,7-9H2,1-2H3. The van der Waals surface area contributed by atoms with Crippen molar-refractivity contribution < 1.29 is 14.6 Å². The van der Waals surface area contributed by atoms with Gasteiger partial charge in [-0.3, -0.25) is 9.78 Å². The fourth-order valence-corrected chi connectivity index (χ4v) is 2.28. The molecule has 104 valence electrons. The van der Waals surface area contributed by atoms with Crippen molar-refractivity contribution in [2.24, 2.45) is 0 Å². The highest BCUT2D eigenvalue weighted by Gasteiger charge is 2.25. The Morgan fingerprint density at radius 2 is 2.32 bits per heavy atom. The van der Waals surface area contributed by atoms with E-state index in [-0.39, 0.29) is 24.6 Å². The first kappa shape index (κ1) is 14.0. The molecule has 0 amide bonds. The molecule has 0 aromatic carbocycles. The zero-order chi connectivity index (χ0) is 13.8. The SMILES string of the molecule is CCC(=O)c1ccc(N2CC(C)OC(CO)C2)cn1. The molecule has 0 aliphatic carbocycles. The van der Waals surface area contributed by atoms with Crippen LogP contribution in [0.3, 0.4) is 0 Å². The Kier molecular flexibility index (Phi) is 4.50. The number of carbonyl (C=O) groups excluding carboxylic acids is 1. The van der Waals surface area contributed by atoms with Crippen molar-refractivity contribution in [2.75, 3.05) is 24.6 Å². The second-order valence-electron chi connectivity index (χ2n) is 4.83. The molecule has 2 rings (SSSR count). The Hall–Kier alpha value is -1.46. The van der Waals surface area contributed by atoms with Crippen molar-refractivity contribution in [1.29, 1.82) is 0 Å². The molecule has 2 unspecified atom stereocenters. The summed E-state index contributed by atoms with van der Waals surface area (Å²) in [7, 11) is 0. The topological polar surface area (TPSA) is 62.7 Å². The maximum absolute atomic E-state index is 11.5. The molecule has 19 heavy (non-hydrogen) atoms. The molecule has 1 aromatic heterocycles. The number of hydrogen-bond donors (Lipinski definition) is 1. The first-order chi connectivity index (χ1) is 9.13. The lowest BCUT2D eigenvalue weighted by Gasteiger charge is -2.37. The summed E-state index contributed by atoms with van der Waals surface area (Å²) >= 11 is 0. The zero-order valence-electron chi connectivity index (χ0n) is 11.4. The van der Waals surface area contributed by atoms with E-state index < -0.39 is 0 Å². The van der Waals surface area contributed by atoms with E-state index in [2.05, 4.69) is 9.88 Å². The van der Waals surface area contributed by atoms with Gasteiger partial charge in [-0.15, -0.1) is 0 Å². The number of ketones is 1. The van der Waals surface area contributed by atoms with Gasteiger partial charge in [-0.2, -0.15) is 0 Å². The number of pyridine rings is 1. The highest BCUT2D eigenvalue weighted by molar-refractivity contribution is 5.94. The van der Waals surface area contributed by atoms with Crippen LogP contribution in [0.4, 0.5) is 5.69 Å². The number of ether oxygens (including phenoxy) is 1. The van der Waals surface area contributed by atoms with Crippen LogP contribution >= 0.6 is 0 Å². The van der Waals surface area contributed by atoms with Crippen LogP contribution in [0.25, 0.3) is 0 Å². The van der Waals surface area contributed by atoms with Crippen molar-refractivity contribution in [3.05, 3.63) is 24.0 Å². The lowest BCUT2D eigenvalue weighted by molar-refractivity contribution is -0.0421. The maximum atomic E-state index is 11.5. The molecule has 1 aromatic rings. The van der Waals surface area contributed by atoms with Gasteiger partial charge in [0.15, 0.2) is 5.78 Å². The van der Waals surface area contributed by atoms with Crippen molar-refractivity contribution in [1.82, 2.24) is 4.98 Å². The van der Waals surface area contributed by atoms with Crippen LogP contribution in [0.1, 0.15) is 30.8 Å². The summed E-state index contributed by atoms with van der Waals surface area (Å²) in [5.41, 5.74) is 1.47. The number of rotatable bonds is 4. The minimum Gasteiger partial charge on any atom is -0.394 e. The molecule has 1 N–H and O–H groups in total. The van der Waals surface area contributed by atoms with E-state index in [0.717, 1.165) is 12.2 Å². The van der Waals surface area contributed by atoms with E-state index in [1.165, 1.54) is 0 Å². The number of Topliss-reactive ketones (excluding diaryl/α,β-unsaturated/α-hetero) is 1. The third kappa shape index (κ3) is 3.30. The lowest BCUT2D eigenvalue weighted by atomic mass is 10.2. The van der Waals surface area contributed by atoms with Crippen LogP contribution in [-0.2, 0) is 4.74 Å². The van der Waals surface area contributed by atoms with Gasteiger partial charge in [0, 0.05) is 19.5 Å². The molecule has 5 heteroatoms. The Balaban J connectivity index is 2.11. The van der Waals surface area contributed by atoms with E-state index in [9.17, 15) is 9.90 Å². The average Bonchev–Trinajstić information content (AvgIpc) is 2.46. The van der Waals surface area contributed by atoms with Gasteiger partial charge in [0.25, 0.3) is 0 Å². The van der Waals surface area contributed by atoms with Crippen molar-refractivity contribution in [3.63, 3.8) is 0 Å². The summed E-state index contributed by atoms with van der Waals surface area (Å²) in [6.07, 6.45) is 2.09. The van der Waals surface area contributed by atoms with Crippen LogP contribution in [0.2, 0.25) is 0 Å². The number of hydrogen-bond acceptors (Lipinski definition) is 5. The Bertz CT molecular complexity index is 433. The molecule has 2 atom stereocenters. The van der Waals surface area contributed by atoms with Gasteiger partial charge in [-0.25, -0.2) is 0 Å². The van der Waals surface area contributed by atoms with Crippen molar-refractivity contribution in [3.8, 4) is 0 Å². The Morgan fingerprint density at radius 1 is 1.53 bits per heavy atom. The number of nitrogens with zero attached hydrogens (tertiary/aromatic N) is 2. The summed E-state index contributed by atoms with van der Waals surface area (Å²) in [4.78, 5) is 17.9. The van der Waals surface area contributed by atoms with Crippen LogP contribution < -0.4 is 4.90 Å². The molecule has 2 heterocycles. The predicted octanol–water partition coefficient (Wildman–Crippen LogP) is 1.26. The van der Waals surface area contributed by atoms with Gasteiger partial charge in [0.2, 0.25) is 0 Å². The second kappa shape index (κ2) is 6.12. The number of anilines is 1. The second-order valence-corrected chi connectivity index (χ2v) is 4.83. The van der Waals surface area contributed by atoms with Crippen LogP contribution in [0, 0.1) is 0 Å². The molecule has 1 fully saturated rings. The highest BCUT2D eigenvalue weighted by Crippen LogP contribution is 2.20. The fraction of sp³-hybridized carbons (Fsp3) is 0.571. The van der Waals surface area contributed by atoms with Gasteiger partial charge in [0.1, 0.15) is 5.69 Å². The lowest BCUT2D eigenvalue weighted by Crippen LogP contribution is -2.48. The van der Waals surface area contributed by atoms with Crippen LogP contribution in [-0.4, -0.2) is 47.8 Å². The number of aliphatic hydroxyl groups excluding tert-OH is 1. The largest absolute Gasteiger partial charge is 0.394 e. The molecular weight excluding hydrogens is 244 g/mol. The molecule has 0 saturated carbocycles. The number of carbonyl (C=O) groups is 1. The molecule has 1 aliphatic heterocycles. The van der Waals surface area contributed by atoms with Gasteiger partial charge in [-0.1, -0.05) is 6.92 Å². The third-order valence-corrected chi connectivity index (χ3v) is 3.25. The van der Waals surface area contributed by atoms with Gasteiger partial charge in [-0.05, 0) is 19.1 Å². The van der Waals surface area contributed by atoms with E-state index in [1.807, 2.05) is 19.9 Å². The van der Waals surface area contributed by atoms with Gasteiger partial charge < -0.3 is 14.7 Å². The molecule has 0 spiro atoms. The smallest absolute Gasteiger partial charge is 0.180 e. The molecule has 1 aliphatic rings. The Morgan fingerprint density at radius 3 is 2.89 bits per heavy atom. The monoisotopic (exact) mass is 264 g/mol. The summed E-state index contributed by atoms with van der Waals surface area (Å²) in [6.45, 7) is 5.23. The third-order valence-electron chi connectivity index (χ3n) is 3.25.